The van der Waals surface area contributed by atoms with Gasteiger partial charge in [0.1, 0.15) is 0 Å². The van der Waals surface area contributed by atoms with Crippen LogP contribution in [0.3, 0.4) is 0 Å². The lowest BCUT2D eigenvalue weighted by Gasteiger charge is -2.23. The average Bonchev–Trinajstić information content (AvgIpc) is 2.15. The summed E-state index contributed by atoms with van der Waals surface area (Å²) in [4.78, 5) is 10.6. The minimum atomic E-state index is -0.394. The van der Waals surface area contributed by atoms with E-state index in [0.29, 0.717) is 5.92 Å². The summed E-state index contributed by atoms with van der Waals surface area (Å²) in [5.41, 5.74) is 0. The zero-order valence-corrected chi connectivity index (χ0v) is 9.12. The smallest absolute Gasteiger partial charge is 0.304 e. The summed E-state index contributed by atoms with van der Waals surface area (Å²) in [5, 5.41) is 0. The standard InChI is InChI=1S/C11H20O3/c1-9(12)14-10(2)13-8-11-6-4-3-5-7-11/h10-11H,3-8H2,1-2H3. The van der Waals surface area contributed by atoms with Crippen LogP contribution in [0.2, 0.25) is 0 Å². The van der Waals surface area contributed by atoms with Crippen LogP contribution in [-0.4, -0.2) is 18.9 Å². The van der Waals surface area contributed by atoms with Crippen LogP contribution < -0.4 is 0 Å². The van der Waals surface area contributed by atoms with E-state index >= 15 is 0 Å². The number of rotatable bonds is 4. The molecule has 82 valence electrons. The fourth-order valence-corrected chi connectivity index (χ4v) is 1.89. The molecule has 0 heterocycles. The first-order chi connectivity index (χ1) is 6.68. The van der Waals surface area contributed by atoms with Gasteiger partial charge in [0, 0.05) is 6.92 Å². The molecule has 0 saturated heterocycles. The minimum Gasteiger partial charge on any atom is -0.436 e. The summed E-state index contributed by atoms with van der Waals surface area (Å²) in [7, 11) is 0. The maximum atomic E-state index is 10.6. The van der Waals surface area contributed by atoms with Crippen LogP contribution in [0.5, 0.6) is 0 Å². The van der Waals surface area contributed by atoms with Gasteiger partial charge >= 0.3 is 5.97 Å². The van der Waals surface area contributed by atoms with Gasteiger partial charge in [0.25, 0.3) is 0 Å². The van der Waals surface area contributed by atoms with Gasteiger partial charge in [-0.3, -0.25) is 4.79 Å². The van der Waals surface area contributed by atoms with Crippen molar-refractivity contribution in [2.75, 3.05) is 6.61 Å². The Hall–Kier alpha value is -0.570. The molecule has 1 saturated carbocycles. The predicted molar refractivity (Wildman–Crippen MR) is 53.8 cm³/mol. The second kappa shape index (κ2) is 6.02. The predicted octanol–water partition coefficient (Wildman–Crippen LogP) is 2.49. The van der Waals surface area contributed by atoms with E-state index in [2.05, 4.69) is 0 Å². The topological polar surface area (TPSA) is 35.5 Å². The average molecular weight is 200 g/mol. The van der Waals surface area contributed by atoms with Crippen molar-refractivity contribution >= 4 is 5.97 Å². The van der Waals surface area contributed by atoms with Gasteiger partial charge in [-0.05, 0) is 25.7 Å². The molecular weight excluding hydrogens is 180 g/mol. The summed E-state index contributed by atoms with van der Waals surface area (Å²) < 4.78 is 10.3. The monoisotopic (exact) mass is 200 g/mol. The molecule has 0 aromatic rings. The molecule has 3 nitrogen and oxygen atoms in total. The molecule has 0 amide bonds. The molecule has 0 aromatic carbocycles. The molecule has 1 rings (SSSR count). The second-order valence-corrected chi connectivity index (χ2v) is 4.01. The zero-order valence-electron chi connectivity index (χ0n) is 9.12. The van der Waals surface area contributed by atoms with Crippen molar-refractivity contribution in [1.82, 2.24) is 0 Å². The SMILES string of the molecule is CC(=O)OC(C)OCC1CCCCC1. The second-order valence-electron chi connectivity index (χ2n) is 4.01. The quantitative estimate of drug-likeness (QED) is 0.516. The highest BCUT2D eigenvalue weighted by molar-refractivity contribution is 5.65. The maximum absolute atomic E-state index is 10.6. The van der Waals surface area contributed by atoms with Crippen LogP contribution in [0.1, 0.15) is 46.0 Å². The van der Waals surface area contributed by atoms with Gasteiger partial charge in [-0.25, -0.2) is 0 Å². The highest BCUT2D eigenvalue weighted by atomic mass is 16.7. The van der Waals surface area contributed by atoms with E-state index in [-0.39, 0.29) is 5.97 Å². The molecule has 0 radical (unpaired) electrons. The van der Waals surface area contributed by atoms with Gasteiger partial charge in [-0.1, -0.05) is 19.3 Å². The van der Waals surface area contributed by atoms with Gasteiger partial charge in [0.15, 0.2) is 6.29 Å². The number of carbonyl (C=O) groups excluding carboxylic acids is 1. The van der Waals surface area contributed by atoms with Crippen LogP contribution in [-0.2, 0) is 14.3 Å². The lowest BCUT2D eigenvalue weighted by atomic mass is 9.90. The highest BCUT2D eigenvalue weighted by Gasteiger charge is 2.15. The molecule has 1 unspecified atom stereocenters. The first-order valence-corrected chi connectivity index (χ1v) is 5.47. The molecule has 14 heavy (non-hydrogen) atoms. The molecular formula is C11H20O3. The van der Waals surface area contributed by atoms with Gasteiger partial charge in [0.2, 0.25) is 0 Å². The number of esters is 1. The maximum Gasteiger partial charge on any atom is 0.304 e. The summed E-state index contributed by atoms with van der Waals surface area (Å²) in [6.45, 7) is 3.90. The minimum absolute atomic E-state index is 0.277. The first kappa shape index (κ1) is 11.5. The summed E-state index contributed by atoms with van der Waals surface area (Å²) >= 11 is 0. The van der Waals surface area contributed by atoms with Crippen molar-refractivity contribution in [3.8, 4) is 0 Å². The van der Waals surface area contributed by atoms with E-state index in [9.17, 15) is 4.79 Å². The number of hydrogen-bond acceptors (Lipinski definition) is 3. The van der Waals surface area contributed by atoms with Crippen molar-refractivity contribution in [1.29, 1.82) is 0 Å². The summed E-state index contributed by atoms with van der Waals surface area (Å²) in [6, 6.07) is 0. The third-order valence-corrected chi connectivity index (χ3v) is 2.62. The van der Waals surface area contributed by atoms with Crippen molar-refractivity contribution in [2.45, 2.75) is 52.2 Å². The van der Waals surface area contributed by atoms with E-state index in [1.165, 1.54) is 39.0 Å². The van der Waals surface area contributed by atoms with Crippen LogP contribution in [0.25, 0.3) is 0 Å². The molecule has 0 bridgehead atoms. The van der Waals surface area contributed by atoms with Crippen molar-refractivity contribution in [2.24, 2.45) is 5.92 Å². The Morgan fingerprint density at radius 1 is 1.36 bits per heavy atom. The molecule has 1 fully saturated rings. The van der Waals surface area contributed by atoms with E-state index in [1.807, 2.05) is 0 Å². The summed E-state index contributed by atoms with van der Waals surface area (Å²) in [6.07, 6.45) is 6.11. The number of hydrogen-bond donors (Lipinski definition) is 0. The zero-order chi connectivity index (χ0) is 10.4. The Kier molecular flexibility index (Phi) is 4.94. The molecule has 0 aliphatic heterocycles. The molecule has 1 aliphatic rings. The fraction of sp³-hybridized carbons (Fsp3) is 0.909. The van der Waals surface area contributed by atoms with Gasteiger partial charge in [-0.2, -0.15) is 0 Å². The number of ether oxygens (including phenoxy) is 2. The Balaban J connectivity index is 2.09. The van der Waals surface area contributed by atoms with E-state index in [4.69, 9.17) is 9.47 Å². The Morgan fingerprint density at radius 2 is 2.00 bits per heavy atom. The van der Waals surface area contributed by atoms with Gasteiger partial charge < -0.3 is 9.47 Å². The van der Waals surface area contributed by atoms with E-state index < -0.39 is 6.29 Å². The molecule has 0 aromatic heterocycles. The fourth-order valence-electron chi connectivity index (χ4n) is 1.89. The third kappa shape index (κ3) is 4.61. The van der Waals surface area contributed by atoms with Crippen molar-refractivity contribution in [3.05, 3.63) is 0 Å². The number of carbonyl (C=O) groups is 1. The normalized spacial score (nSPS) is 20.4. The van der Waals surface area contributed by atoms with Crippen LogP contribution >= 0.6 is 0 Å². The molecule has 0 N–H and O–H groups in total. The Labute approximate surface area is 85.8 Å². The van der Waals surface area contributed by atoms with Gasteiger partial charge in [-0.15, -0.1) is 0 Å². The van der Waals surface area contributed by atoms with Crippen molar-refractivity contribution in [3.63, 3.8) is 0 Å². The Morgan fingerprint density at radius 3 is 2.57 bits per heavy atom. The lowest BCUT2D eigenvalue weighted by Crippen LogP contribution is -2.21. The highest BCUT2D eigenvalue weighted by Crippen LogP contribution is 2.23. The largest absolute Gasteiger partial charge is 0.436 e. The lowest BCUT2D eigenvalue weighted by molar-refractivity contribution is -0.174. The molecule has 0 spiro atoms. The van der Waals surface area contributed by atoms with Gasteiger partial charge in [0.05, 0.1) is 6.61 Å². The van der Waals surface area contributed by atoms with Crippen LogP contribution in [0, 0.1) is 5.92 Å². The van der Waals surface area contributed by atoms with E-state index in [0.717, 1.165) is 6.61 Å². The third-order valence-electron chi connectivity index (χ3n) is 2.62. The first-order valence-electron chi connectivity index (χ1n) is 5.47. The summed E-state index contributed by atoms with van der Waals surface area (Å²) in [5.74, 6) is 0.392. The van der Waals surface area contributed by atoms with Crippen LogP contribution in [0.4, 0.5) is 0 Å². The molecule has 1 aliphatic carbocycles. The molecule has 1 atom stereocenters. The van der Waals surface area contributed by atoms with Crippen molar-refractivity contribution < 1.29 is 14.3 Å². The Bertz CT molecular complexity index is 173. The van der Waals surface area contributed by atoms with E-state index in [1.54, 1.807) is 6.92 Å². The molecule has 3 heteroatoms. The van der Waals surface area contributed by atoms with Crippen LogP contribution in [0.15, 0.2) is 0 Å².